The van der Waals surface area contributed by atoms with Gasteiger partial charge in [-0.05, 0) is 54.4 Å². The average Bonchev–Trinajstić information content (AvgIpc) is 2.56. The average molecular weight is 295 g/mol. The zero-order valence-corrected chi connectivity index (χ0v) is 12.7. The molecular weight excluding hydrogens is 277 g/mol. The van der Waals surface area contributed by atoms with Crippen LogP contribution < -0.4 is 5.32 Å². The highest BCUT2D eigenvalue weighted by atomic mass is 19.1. The van der Waals surface area contributed by atoms with Crippen molar-refractivity contribution < 1.29 is 9.18 Å². The molecule has 0 atom stereocenters. The Balaban J connectivity index is 0.000000847. The number of nitrogens with one attached hydrogen (secondary N) is 1. The second kappa shape index (κ2) is 7.42. The van der Waals surface area contributed by atoms with Gasteiger partial charge in [-0.2, -0.15) is 0 Å². The Kier molecular flexibility index (Phi) is 5.32. The second-order valence-electron chi connectivity index (χ2n) is 4.63. The highest BCUT2D eigenvalue weighted by molar-refractivity contribution is 5.96. The van der Waals surface area contributed by atoms with Crippen LogP contribution in [0.2, 0.25) is 0 Å². The summed E-state index contributed by atoms with van der Waals surface area (Å²) in [5.74, 6) is 5.74. The first-order chi connectivity index (χ1) is 10.7. The fourth-order valence-corrected chi connectivity index (χ4v) is 2.18. The van der Waals surface area contributed by atoms with E-state index in [-0.39, 0.29) is 11.7 Å². The van der Waals surface area contributed by atoms with E-state index in [1.54, 1.807) is 18.2 Å². The van der Waals surface area contributed by atoms with E-state index >= 15 is 0 Å². The van der Waals surface area contributed by atoms with Gasteiger partial charge in [-0.3, -0.25) is 4.79 Å². The van der Waals surface area contributed by atoms with Crippen LogP contribution >= 0.6 is 0 Å². The summed E-state index contributed by atoms with van der Waals surface area (Å²) in [4.78, 5) is 11.6. The molecule has 1 aliphatic rings. The summed E-state index contributed by atoms with van der Waals surface area (Å²) < 4.78 is 12.8. The fraction of sp³-hybridized carbons (Fsp3) is 0.211. The van der Waals surface area contributed by atoms with E-state index in [0.717, 1.165) is 28.7 Å². The van der Waals surface area contributed by atoms with Gasteiger partial charge in [-0.15, -0.1) is 0 Å². The van der Waals surface area contributed by atoms with Crippen LogP contribution in [0.1, 0.15) is 40.9 Å². The number of hydrogen-bond donors (Lipinski definition) is 1. The molecule has 22 heavy (non-hydrogen) atoms. The first kappa shape index (κ1) is 15.8. The molecule has 2 nitrogen and oxygen atoms in total. The number of amides is 1. The van der Waals surface area contributed by atoms with Crippen LogP contribution in [0, 0.1) is 17.7 Å². The van der Waals surface area contributed by atoms with Gasteiger partial charge in [0, 0.05) is 23.2 Å². The molecule has 2 aromatic carbocycles. The molecule has 1 amide bonds. The Morgan fingerprint density at radius 1 is 1.00 bits per heavy atom. The zero-order valence-electron chi connectivity index (χ0n) is 12.7. The minimum Gasteiger partial charge on any atom is -0.352 e. The number of fused-ring (bicyclic) bond motifs is 1. The maximum atomic E-state index is 12.8. The maximum Gasteiger partial charge on any atom is 0.251 e. The summed E-state index contributed by atoms with van der Waals surface area (Å²) in [6, 6.07) is 11.7. The first-order valence-corrected chi connectivity index (χ1v) is 7.41. The third-order valence-corrected chi connectivity index (χ3v) is 3.23. The topological polar surface area (TPSA) is 29.1 Å². The number of rotatable bonds is 0. The first-order valence-electron chi connectivity index (χ1n) is 7.41. The number of benzene rings is 2. The van der Waals surface area contributed by atoms with Crippen molar-refractivity contribution in [2.45, 2.75) is 20.3 Å². The number of halogens is 1. The summed E-state index contributed by atoms with van der Waals surface area (Å²) >= 11 is 0. The van der Waals surface area contributed by atoms with Crippen LogP contribution in [0.25, 0.3) is 0 Å². The quantitative estimate of drug-likeness (QED) is 0.740. The van der Waals surface area contributed by atoms with Crippen LogP contribution in [0.15, 0.2) is 42.5 Å². The maximum absolute atomic E-state index is 12.8. The minimum atomic E-state index is -0.268. The molecule has 0 aliphatic carbocycles. The predicted molar refractivity (Wildman–Crippen MR) is 86.2 cm³/mol. The third kappa shape index (κ3) is 3.73. The standard InChI is InChI=1S/C17H12FNO.C2H6/c18-15-6-3-12(4-7-15)1-2-13-5-8-16-14(11-13)9-10-19-17(16)20;1-2/h3-8,11H,9-10H2,(H,19,20);1-2H3. The lowest BCUT2D eigenvalue weighted by Gasteiger charge is -2.16. The van der Waals surface area contributed by atoms with Crippen molar-refractivity contribution in [1.29, 1.82) is 0 Å². The Bertz CT molecular complexity index is 723. The molecule has 0 spiro atoms. The molecule has 0 unspecified atom stereocenters. The van der Waals surface area contributed by atoms with Crippen LogP contribution in [-0.4, -0.2) is 12.5 Å². The smallest absolute Gasteiger partial charge is 0.251 e. The Morgan fingerprint density at radius 2 is 1.64 bits per heavy atom. The van der Waals surface area contributed by atoms with E-state index in [2.05, 4.69) is 17.2 Å². The van der Waals surface area contributed by atoms with E-state index in [9.17, 15) is 9.18 Å². The second-order valence-corrected chi connectivity index (χ2v) is 4.63. The van der Waals surface area contributed by atoms with Gasteiger partial charge >= 0.3 is 0 Å². The van der Waals surface area contributed by atoms with E-state index in [4.69, 9.17) is 0 Å². The van der Waals surface area contributed by atoms with Gasteiger partial charge in [-0.25, -0.2) is 4.39 Å². The van der Waals surface area contributed by atoms with Crippen molar-refractivity contribution in [3.63, 3.8) is 0 Å². The highest BCUT2D eigenvalue weighted by Gasteiger charge is 2.15. The van der Waals surface area contributed by atoms with Crippen molar-refractivity contribution in [3.8, 4) is 11.8 Å². The van der Waals surface area contributed by atoms with Crippen LogP contribution in [0.5, 0.6) is 0 Å². The predicted octanol–water partition coefficient (Wildman–Crippen LogP) is 3.54. The summed E-state index contributed by atoms with van der Waals surface area (Å²) in [7, 11) is 0. The lowest BCUT2D eigenvalue weighted by Crippen LogP contribution is -2.31. The van der Waals surface area contributed by atoms with Crippen LogP contribution in [0.3, 0.4) is 0 Å². The lowest BCUT2D eigenvalue weighted by molar-refractivity contribution is 0.0946. The third-order valence-electron chi connectivity index (χ3n) is 3.23. The summed E-state index contributed by atoms with van der Waals surface area (Å²) in [6.45, 7) is 4.67. The van der Waals surface area contributed by atoms with E-state index < -0.39 is 0 Å². The monoisotopic (exact) mass is 295 g/mol. The molecule has 1 heterocycles. The largest absolute Gasteiger partial charge is 0.352 e. The summed E-state index contributed by atoms with van der Waals surface area (Å²) in [6.07, 6.45) is 0.827. The van der Waals surface area contributed by atoms with Crippen molar-refractivity contribution >= 4 is 5.91 Å². The number of carbonyl (C=O) groups is 1. The zero-order chi connectivity index (χ0) is 15.9. The molecule has 0 radical (unpaired) electrons. The van der Waals surface area contributed by atoms with Gasteiger partial charge in [0.15, 0.2) is 0 Å². The van der Waals surface area contributed by atoms with Gasteiger partial charge in [0.05, 0.1) is 0 Å². The molecule has 3 heteroatoms. The molecule has 112 valence electrons. The summed E-state index contributed by atoms with van der Waals surface area (Å²) in [5.41, 5.74) is 3.38. The Morgan fingerprint density at radius 3 is 2.36 bits per heavy atom. The van der Waals surface area contributed by atoms with Gasteiger partial charge in [0.1, 0.15) is 5.82 Å². The van der Waals surface area contributed by atoms with Crippen molar-refractivity contribution in [3.05, 3.63) is 70.5 Å². The van der Waals surface area contributed by atoms with E-state index in [1.165, 1.54) is 12.1 Å². The normalized spacial score (nSPS) is 12.0. The molecule has 0 aromatic heterocycles. The van der Waals surface area contributed by atoms with Crippen LogP contribution in [0.4, 0.5) is 4.39 Å². The molecule has 0 saturated carbocycles. The van der Waals surface area contributed by atoms with Gasteiger partial charge in [0.2, 0.25) is 0 Å². The highest BCUT2D eigenvalue weighted by Crippen LogP contribution is 2.15. The van der Waals surface area contributed by atoms with Gasteiger partial charge in [-0.1, -0.05) is 25.7 Å². The lowest BCUT2D eigenvalue weighted by atomic mass is 9.98. The molecule has 0 fully saturated rings. The van der Waals surface area contributed by atoms with E-state index in [0.29, 0.717) is 6.54 Å². The molecule has 2 aromatic rings. The Hall–Kier alpha value is -2.60. The van der Waals surface area contributed by atoms with Crippen LogP contribution in [-0.2, 0) is 6.42 Å². The van der Waals surface area contributed by atoms with Gasteiger partial charge in [0.25, 0.3) is 5.91 Å². The molecular formula is C19H18FNO. The molecule has 1 aliphatic heterocycles. The number of carbonyl (C=O) groups excluding carboxylic acids is 1. The van der Waals surface area contributed by atoms with Crippen molar-refractivity contribution in [2.24, 2.45) is 0 Å². The molecule has 0 bridgehead atoms. The molecule has 0 saturated heterocycles. The Labute approximate surface area is 130 Å². The SMILES string of the molecule is CC.O=C1NCCc2cc(C#Cc3ccc(F)cc3)ccc21. The summed E-state index contributed by atoms with van der Waals surface area (Å²) in [5, 5.41) is 2.81. The van der Waals surface area contributed by atoms with E-state index in [1.807, 2.05) is 26.0 Å². The van der Waals surface area contributed by atoms with Crippen molar-refractivity contribution in [1.82, 2.24) is 5.32 Å². The fourth-order valence-electron chi connectivity index (χ4n) is 2.18. The van der Waals surface area contributed by atoms with Crippen molar-refractivity contribution in [2.75, 3.05) is 6.54 Å². The number of hydrogen-bond acceptors (Lipinski definition) is 1. The van der Waals surface area contributed by atoms with Gasteiger partial charge < -0.3 is 5.32 Å². The minimum absolute atomic E-state index is 0.0238. The molecule has 1 N–H and O–H groups in total. The molecule has 3 rings (SSSR count).